The molecule has 1 aliphatic rings. The van der Waals surface area contributed by atoms with E-state index in [2.05, 4.69) is 40.9 Å². The third-order valence-corrected chi connectivity index (χ3v) is 5.34. The first-order valence-corrected chi connectivity index (χ1v) is 9.22. The maximum absolute atomic E-state index is 8.23. The Balaban J connectivity index is 1.69. The average Bonchev–Trinajstić information content (AvgIpc) is 3.03. The van der Waals surface area contributed by atoms with Crippen LogP contribution in [0.2, 0.25) is 5.28 Å². The highest BCUT2D eigenvalue weighted by atomic mass is 35.5. The van der Waals surface area contributed by atoms with Gasteiger partial charge in [-0.15, -0.1) is 0 Å². The minimum Gasteiger partial charge on any atom is -0.208 e. The Morgan fingerprint density at radius 3 is 2.25 bits per heavy atom. The van der Waals surface area contributed by atoms with E-state index in [4.69, 9.17) is 18.5 Å². The molecule has 0 saturated carbocycles. The molecule has 1 aromatic heterocycles. The fourth-order valence-electron chi connectivity index (χ4n) is 3.80. The van der Waals surface area contributed by atoms with Crippen LogP contribution in [0.1, 0.15) is 31.8 Å². The zero-order valence-electron chi connectivity index (χ0n) is 20.3. The van der Waals surface area contributed by atoms with Gasteiger partial charge in [-0.1, -0.05) is 80.5 Å². The first-order valence-electron chi connectivity index (χ1n) is 11.3. The minimum absolute atomic E-state index is 0.0648. The zero-order valence-corrected chi connectivity index (χ0v) is 16.0. The van der Waals surface area contributed by atoms with Crippen molar-refractivity contribution in [2.45, 2.75) is 19.3 Å². The zero-order chi connectivity index (χ0) is 23.7. The molecule has 4 aromatic rings. The number of hydrogen-bond donors (Lipinski definition) is 0. The number of fused-ring (bicyclic) bond motifs is 3. The SMILES string of the molecule is [2H]c1c([2H])c([2H])c(-c2nc(Cl)nc(-c3ccc4c(c3)C(C)(C)c3ccccc3-4)n2)c([2H])c1[2H]. The first kappa shape index (κ1) is 12.4. The molecule has 3 aromatic carbocycles. The Bertz CT molecular complexity index is 1440. The van der Waals surface area contributed by atoms with Crippen LogP contribution < -0.4 is 0 Å². The van der Waals surface area contributed by atoms with Gasteiger partial charge in [0.05, 0.1) is 6.85 Å². The van der Waals surface area contributed by atoms with Crippen LogP contribution in [0.25, 0.3) is 33.9 Å². The van der Waals surface area contributed by atoms with Gasteiger partial charge in [-0.2, -0.15) is 9.97 Å². The van der Waals surface area contributed by atoms with E-state index in [-0.39, 0.29) is 40.0 Å². The molecule has 28 heavy (non-hydrogen) atoms. The Morgan fingerprint density at radius 1 is 0.786 bits per heavy atom. The van der Waals surface area contributed by atoms with Crippen molar-refractivity contribution < 1.29 is 6.85 Å². The van der Waals surface area contributed by atoms with Gasteiger partial charge in [-0.3, -0.25) is 0 Å². The maximum Gasteiger partial charge on any atom is 0.226 e. The molecule has 0 N–H and O–H groups in total. The molecule has 0 amide bonds. The quantitative estimate of drug-likeness (QED) is 0.412. The monoisotopic (exact) mass is 388 g/mol. The molecule has 3 nitrogen and oxygen atoms in total. The summed E-state index contributed by atoms with van der Waals surface area (Å²) in [4.78, 5) is 12.8. The number of aromatic nitrogens is 3. The summed E-state index contributed by atoms with van der Waals surface area (Å²) in [6, 6.07) is 12.1. The number of benzene rings is 3. The van der Waals surface area contributed by atoms with E-state index >= 15 is 0 Å². The largest absolute Gasteiger partial charge is 0.226 e. The lowest BCUT2D eigenvalue weighted by atomic mass is 9.82. The molecule has 1 aliphatic carbocycles. The Hall–Kier alpha value is -3.04. The van der Waals surface area contributed by atoms with Gasteiger partial charge in [0.1, 0.15) is 0 Å². The van der Waals surface area contributed by atoms with E-state index in [1.807, 2.05) is 30.3 Å². The number of rotatable bonds is 2. The highest BCUT2D eigenvalue weighted by molar-refractivity contribution is 6.28. The van der Waals surface area contributed by atoms with Crippen molar-refractivity contribution in [3.8, 4) is 33.9 Å². The molecular weight excluding hydrogens is 366 g/mol. The highest BCUT2D eigenvalue weighted by Gasteiger charge is 2.35. The fraction of sp³-hybridized carbons (Fsp3) is 0.125. The topological polar surface area (TPSA) is 38.7 Å². The molecule has 0 radical (unpaired) electrons. The molecule has 0 spiro atoms. The second-order valence-corrected chi connectivity index (χ2v) is 7.52. The average molecular weight is 389 g/mol. The van der Waals surface area contributed by atoms with Crippen LogP contribution >= 0.6 is 11.6 Å². The Labute approximate surface area is 176 Å². The second kappa shape index (κ2) is 6.25. The molecule has 1 heterocycles. The molecule has 136 valence electrons. The maximum atomic E-state index is 8.23. The van der Waals surface area contributed by atoms with Crippen LogP contribution in [0, 0.1) is 0 Å². The molecule has 0 aliphatic heterocycles. The van der Waals surface area contributed by atoms with Crippen LogP contribution in [0.15, 0.2) is 72.7 Å². The van der Waals surface area contributed by atoms with E-state index < -0.39 is 18.1 Å². The third-order valence-electron chi connectivity index (χ3n) is 5.17. The molecule has 5 rings (SSSR count). The van der Waals surface area contributed by atoms with Gasteiger partial charge in [0.15, 0.2) is 11.6 Å². The van der Waals surface area contributed by atoms with Crippen molar-refractivity contribution >= 4 is 11.6 Å². The molecule has 0 saturated heterocycles. The standard InChI is InChI=1S/C24H18ClN3/c1-24(2)19-11-7-6-10-17(19)18-13-12-16(14-20(18)24)22-26-21(27-23(25)28-22)15-8-4-3-5-9-15/h3-14H,1-2H3/i3D,4D,5D,8D,9D. The number of halogens is 1. The molecule has 0 bridgehead atoms. The predicted molar refractivity (Wildman–Crippen MR) is 113 cm³/mol. The highest BCUT2D eigenvalue weighted by Crippen LogP contribution is 2.49. The summed E-state index contributed by atoms with van der Waals surface area (Å²) >= 11 is 6.20. The van der Waals surface area contributed by atoms with E-state index in [1.54, 1.807) is 0 Å². The Kier molecular flexibility index (Phi) is 2.77. The fourth-order valence-corrected chi connectivity index (χ4v) is 3.96. The van der Waals surface area contributed by atoms with E-state index in [0.29, 0.717) is 5.56 Å². The summed E-state index contributed by atoms with van der Waals surface area (Å²) in [5.41, 5.74) is 5.08. The summed E-state index contributed by atoms with van der Waals surface area (Å²) in [5, 5.41) is -0.121. The molecule has 0 atom stereocenters. The van der Waals surface area contributed by atoms with Gasteiger partial charge in [-0.25, -0.2) is 4.98 Å². The van der Waals surface area contributed by atoms with Crippen LogP contribution in [0.5, 0.6) is 0 Å². The van der Waals surface area contributed by atoms with Crippen molar-refractivity contribution in [1.82, 2.24) is 15.0 Å². The minimum atomic E-state index is -0.477. The van der Waals surface area contributed by atoms with Crippen LogP contribution in [-0.4, -0.2) is 15.0 Å². The summed E-state index contributed by atoms with van der Waals surface area (Å²) in [5.74, 6) is 0.205. The first-order chi connectivity index (χ1) is 15.6. The lowest BCUT2D eigenvalue weighted by Gasteiger charge is -2.21. The lowest BCUT2D eigenvalue weighted by molar-refractivity contribution is 0.660. The van der Waals surface area contributed by atoms with Crippen molar-refractivity contribution in [1.29, 1.82) is 0 Å². The van der Waals surface area contributed by atoms with Crippen molar-refractivity contribution in [2.24, 2.45) is 0 Å². The lowest BCUT2D eigenvalue weighted by Crippen LogP contribution is -2.15. The third kappa shape index (κ3) is 2.62. The van der Waals surface area contributed by atoms with Crippen molar-refractivity contribution in [3.63, 3.8) is 0 Å². The van der Waals surface area contributed by atoms with Crippen molar-refractivity contribution in [2.75, 3.05) is 0 Å². The molecular formula is C24H18ClN3. The molecule has 0 unspecified atom stereocenters. The van der Waals surface area contributed by atoms with E-state index in [9.17, 15) is 0 Å². The summed E-state index contributed by atoms with van der Waals surface area (Å²) in [6.45, 7) is 4.33. The van der Waals surface area contributed by atoms with Gasteiger partial charge >= 0.3 is 0 Å². The van der Waals surface area contributed by atoms with Crippen LogP contribution in [0.3, 0.4) is 0 Å². The van der Waals surface area contributed by atoms with Crippen molar-refractivity contribution in [3.05, 3.63) is 89.1 Å². The van der Waals surface area contributed by atoms with Gasteiger partial charge in [0.25, 0.3) is 0 Å². The summed E-state index contributed by atoms with van der Waals surface area (Å²) < 4.78 is 40.1. The van der Waals surface area contributed by atoms with Gasteiger partial charge in [0.2, 0.25) is 5.28 Å². The smallest absolute Gasteiger partial charge is 0.208 e. The Morgan fingerprint density at radius 2 is 1.46 bits per heavy atom. The summed E-state index contributed by atoms with van der Waals surface area (Å²) in [6.07, 6.45) is 0. The van der Waals surface area contributed by atoms with Gasteiger partial charge in [0, 0.05) is 16.5 Å². The second-order valence-electron chi connectivity index (χ2n) is 7.18. The van der Waals surface area contributed by atoms with Gasteiger partial charge in [-0.05, 0) is 39.9 Å². The van der Waals surface area contributed by atoms with E-state index in [1.165, 1.54) is 11.1 Å². The predicted octanol–water partition coefficient (Wildman–Crippen LogP) is 6.17. The van der Waals surface area contributed by atoms with Crippen LogP contribution in [0.4, 0.5) is 0 Å². The normalized spacial score (nSPS) is 16.3. The molecule has 4 heteroatoms. The van der Waals surface area contributed by atoms with E-state index in [0.717, 1.165) is 11.1 Å². The number of hydrogen-bond acceptors (Lipinski definition) is 3. The summed E-state index contributed by atoms with van der Waals surface area (Å²) in [7, 11) is 0. The molecule has 0 fully saturated rings. The number of nitrogens with zero attached hydrogens (tertiary/aromatic N) is 3. The van der Waals surface area contributed by atoms with Crippen LogP contribution in [-0.2, 0) is 5.41 Å². The van der Waals surface area contributed by atoms with Gasteiger partial charge < -0.3 is 0 Å².